The van der Waals surface area contributed by atoms with E-state index in [0.717, 1.165) is 16.7 Å². The predicted molar refractivity (Wildman–Crippen MR) is 123 cm³/mol. The number of hydrogen-bond acceptors (Lipinski definition) is 5. The van der Waals surface area contributed by atoms with Gasteiger partial charge in [0.1, 0.15) is 5.75 Å². The summed E-state index contributed by atoms with van der Waals surface area (Å²) in [5, 5.41) is 0.263. The number of thioether (sulfide) groups is 1. The fourth-order valence-electron chi connectivity index (χ4n) is 2.87. The van der Waals surface area contributed by atoms with Crippen LogP contribution in [-0.2, 0) is 4.79 Å². The Morgan fingerprint density at radius 2 is 1.65 bits per heavy atom. The Labute approximate surface area is 192 Å². The third-order valence-electron chi connectivity index (χ3n) is 4.35. The van der Waals surface area contributed by atoms with Gasteiger partial charge in [-0.2, -0.15) is 0 Å². The van der Waals surface area contributed by atoms with Crippen molar-refractivity contribution in [2.75, 3.05) is 4.90 Å². The lowest BCUT2D eigenvalue weighted by atomic mass is 10.2. The summed E-state index contributed by atoms with van der Waals surface area (Å²) in [4.78, 5) is 38.7. The second-order valence-corrected chi connectivity index (χ2v) is 8.27. The molecule has 0 N–H and O–H groups in total. The van der Waals surface area contributed by atoms with Crippen LogP contribution in [0.25, 0.3) is 6.08 Å². The number of carbonyl (C=O) groups is 3. The number of rotatable bonds is 4. The first-order valence-electron chi connectivity index (χ1n) is 9.03. The Bertz CT molecular complexity index is 1210. The number of halogens is 2. The van der Waals surface area contributed by atoms with Gasteiger partial charge in [0.05, 0.1) is 21.2 Å². The number of esters is 1. The number of para-hydroxylation sites is 1. The summed E-state index contributed by atoms with van der Waals surface area (Å²) >= 11 is 12.7. The second kappa shape index (κ2) is 8.98. The molecule has 1 aliphatic rings. The molecule has 0 aromatic heterocycles. The van der Waals surface area contributed by atoms with Crippen molar-refractivity contribution in [3.63, 3.8) is 0 Å². The highest BCUT2D eigenvalue weighted by atomic mass is 35.5. The summed E-state index contributed by atoms with van der Waals surface area (Å²) < 4.78 is 5.34. The zero-order valence-corrected chi connectivity index (χ0v) is 18.1. The van der Waals surface area contributed by atoms with E-state index in [-0.39, 0.29) is 21.7 Å². The van der Waals surface area contributed by atoms with Crippen molar-refractivity contribution in [3.05, 3.63) is 98.9 Å². The zero-order valence-electron chi connectivity index (χ0n) is 15.7. The molecule has 0 unspecified atom stereocenters. The lowest BCUT2D eigenvalue weighted by molar-refractivity contribution is -0.113. The van der Waals surface area contributed by atoms with Crippen LogP contribution in [-0.4, -0.2) is 17.1 Å². The van der Waals surface area contributed by atoms with Crippen molar-refractivity contribution in [1.29, 1.82) is 0 Å². The van der Waals surface area contributed by atoms with Crippen LogP contribution in [0.3, 0.4) is 0 Å². The van der Waals surface area contributed by atoms with Gasteiger partial charge in [-0.25, -0.2) is 9.69 Å². The number of hydrogen-bond donors (Lipinski definition) is 0. The summed E-state index contributed by atoms with van der Waals surface area (Å²) in [6, 6.07) is 19.8. The second-order valence-electron chi connectivity index (χ2n) is 6.44. The largest absolute Gasteiger partial charge is 0.423 e. The van der Waals surface area contributed by atoms with Crippen molar-refractivity contribution >= 4 is 63.8 Å². The molecule has 0 radical (unpaired) electrons. The van der Waals surface area contributed by atoms with E-state index in [4.69, 9.17) is 27.9 Å². The van der Waals surface area contributed by atoms with Gasteiger partial charge in [0.2, 0.25) is 0 Å². The van der Waals surface area contributed by atoms with E-state index < -0.39 is 5.97 Å². The summed E-state index contributed by atoms with van der Waals surface area (Å²) in [5.41, 5.74) is 1.41. The van der Waals surface area contributed by atoms with E-state index in [0.29, 0.717) is 26.9 Å². The molecule has 4 rings (SSSR count). The van der Waals surface area contributed by atoms with Gasteiger partial charge in [-0.15, -0.1) is 0 Å². The highest BCUT2D eigenvalue weighted by Gasteiger charge is 2.36. The monoisotopic (exact) mass is 469 g/mol. The van der Waals surface area contributed by atoms with Crippen LogP contribution in [0.5, 0.6) is 5.75 Å². The topological polar surface area (TPSA) is 63.7 Å². The summed E-state index contributed by atoms with van der Waals surface area (Å²) in [6.45, 7) is 0. The van der Waals surface area contributed by atoms with E-state index in [2.05, 4.69) is 0 Å². The fourth-order valence-corrected chi connectivity index (χ4v) is 4.19. The molecular formula is C23H13Cl2NO4S. The van der Waals surface area contributed by atoms with Crippen molar-refractivity contribution in [3.8, 4) is 5.75 Å². The molecule has 3 aromatic rings. The van der Waals surface area contributed by atoms with Crippen LogP contribution in [0.4, 0.5) is 10.5 Å². The first-order chi connectivity index (χ1) is 14.9. The van der Waals surface area contributed by atoms with Crippen LogP contribution >= 0.6 is 35.0 Å². The van der Waals surface area contributed by atoms with E-state index in [1.807, 2.05) is 6.07 Å². The molecule has 5 nitrogen and oxygen atoms in total. The quantitative estimate of drug-likeness (QED) is 0.249. The Morgan fingerprint density at radius 3 is 2.32 bits per heavy atom. The van der Waals surface area contributed by atoms with E-state index in [1.165, 1.54) is 12.1 Å². The molecule has 0 aliphatic carbocycles. The fraction of sp³-hybridized carbons (Fsp3) is 0. The van der Waals surface area contributed by atoms with Crippen LogP contribution in [0.15, 0.2) is 77.7 Å². The van der Waals surface area contributed by atoms with Crippen molar-refractivity contribution in [1.82, 2.24) is 0 Å². The first kappa shape index (κ1) is 21.2. The number of ether oxygens (including phenoxy) is 1. The van der Waals surface area contributed by atoms with Crippen LogP contribution in [0, 0.1) is 0 Å². The summed E-state index contributed by atoms with van der Waals surface area (Å²) in [6.07, 6.45) is 1.62. The molecule has 0 atom stereocenters. The molecular weight excluding hydrogens is 457 g/mol. The molecule has 1 saturated heterocycles. The third-order valence-corrected chi connectivity index (χ3v) is 5.76. The Kier molecular flexibility index (Phi) is 6.13. The normalized spacial score (nSPS) is 14.9. The number of benzene rings is 3. The molecule has 0 bridgehead atoms. The number of anilines is 1. The first-order valence-corrected chi connectivity index (χ1v) is 10.6. The molecule has 0 saturated carbocycles. The number of carbonyl (C=O) groups excluding carboxylic acids is 3. The molecule has 2 amide bonds. The average molecular weight is 470 g/mol. The van der Waals surface area contributed by atoms with Crippen LogP contribution < -0.4 is 9.64 Å². The molecule has 154 valence electrons. The minimum Gasteiger partial charge on any atom is -0.423 e. The summed E-state index contributed by atoms with van der Waals surface area (Å²) in [5.74, 6) is -0.682. The van der Waals surface area contributed by atoms with Gasteiger partial charge >= 0.3 is 5.97 Å². The van der Waals surface area contributed by atoms with Gasteiger partial charge < -0.3 is 4.74 Å². The molecule has 3 aromatic carbocycles. The average Bonchev–Trinajstić information content (AvgIpc) is 3.03. The standard InChI is InChI=1S/C23H13Cl2NO4S/c24-15-8-11-18(19(25)13-15)22(28)30-17-9-6-14(7-10-17)12-20-21(27)26(23(29)31-20)16-4-2-1-3-5-16/h1-13H/b20-12-. The van der Waals surface area contributed by atoms with Gasteiger partial charge in [-0.3, -0.25) is 9.59 Å². The van der Waals surface area contributed by atoms with Crippen molar-refractivity contribution < 1.29 is 19.1 Å². The molecule has 1 fully saturated rings. The minimum absolute atomic E-state index is 0.197. The molecule has 1 aliphatic heterocycles. The minimum atomic E-state index is -0.613. The van der Waals surface area contributed by atoms with Crippen LogP contribution in [0.2, 0.25) is 10.0 Å². The summed E-state index contributed by atoms with van der Waals surface area (Å²) in [7, 11) is 0. The maximum absolute atomic E-state index is 12.7. The maximum atomic E-state index is 12.7. The van der Waals surface area contributed by atoms with Gasteiger partial charge in [0, 0.05) is 5.02 Å². The molecule has 1 heterocycles. The number of nitrogens with zero attached hydrogens (tertiary/aromatic N) is 1. The van der Waals surface area contributed by atoms with Gasteiger partial charge in [0.25, 0.3) is 11.1 Å². The van der Waals surface area contributed by atoms with E-state index in [1.54, 1.807) is 60.7 Å². The predicted octanol–water partition coefficient (Wildman–Crippen LogP) is 6.45. The van der Waals surface area contributed by atoms with Crippen molar-refractivity contribution in [2.24, 2.45) is 0 Å². The SMILES string of the molecule is O=C(Oc1ccc(/C=C2\SC(=O)N(c3ccccc3)C2=O)cc1)c1ccc(Cl)cc1Cl. The highest BCUT2D eigenvalue weighted by Crippen LogP contribution is 2.35. The van der Waals surface area contributed by atoms with Crippen molar-refractivity contribution in [2.45, 2.75) is 0 Å². The zero-order chi connectivity index (χ0) is 22.0. The van der Waals surface area contributed by atoms with E-state index in [9.17, 15) is 14.4 Å². The highest BCUT2D eigenvalue weighted by molar-refractivity contribution is 8.19. The number of amides is 2. The van der Waals surface area contributed by atoms with E-state index >= 15 is 0 Å². The van der Waals surface area contributed by atoms with Gasteiger partial charge in [0.15, 0.2) is 0 Å². The maximum Gasteiger partial charge on any atom is 0.345 e. The van der Waals surface area contributed by atoms with Gasteiger partial charge in [-0.05, 0) is 65.9 Å². The number of imide groups is 1. The van der Waals surface area contributed by atoms with Crippen LogP contribution in [0.1, 0.15) is 15.9 Å². The lowest BCUT2D eigenvalue weighted by Gasteiger charge is -2.11. The molecule has 8 heteroatoms. The molecule has 0 spiro atoms. The lowest BCUT2D eigenvalue weighted by Crippen LogP contribution is -2.27. The third kappa shape index (κ3) is 4.66. The Morgan fingerprint density at radius 1 is 0.935 bits per heavy atom. The molecule has 31 heavy (non-hydrogen) atoms. The smallest absolute Gasteiger partial charge is 0.345 e. The van der Waals surface area contributed by atoms with Gasteiger partial charge in [-0.1, -0.05) is 53.5 Å². The Balaban J connectivity index is 1.48. The Hall–Kier alpha value is -3.06.